The highest BCUT2D eigenvalue weighted by Gasteiger charge is 2.26. The van der Waals surface area contributed by atoms with E-state index in [1.54, 1.807) is 24.3 Å². The van der Waals surface area contributed by atoms with E-state index in [1.807, 2.05) is 6.07 Å². The van der Waals surface area contributed by atoms with Gasteiger partial charge in [-0.1, -0.05) is 12.1 Å². The maximum Gasteiger partial charge on any atom is 0.358 e. The van der Waals surface area contributed by atoms with Gasteiger partial charge in [0.2, 0.25) is 0 Å². The number of anilines is 1. The van der Waals surface area contributed by atoms with Crippen LogP contribution < -0.4 is 4.90 Å². The van der Waals surface area contributed by atoms with Gasteiger partial charge >= 0.3 is 5.97 Å². The van der Waals surface area contributed by atoms with Gasteiger partial charge < -0.3 is 9.64 Å². The van der Waals surface area contributed by atoms with Crippen molar-refractivity contribution in [2.45, 2.75) is 25.3 Å². The molecule has 1 aliphatic heterocycles. The molecule has 1 aromatic carbocycles. The number of benzene rings is 1. The molecule has 2 heterocycles. The number of carbonyl (C=O) groups is 1. The van der Waals surface area contributed by atoms with Crippen LogP contribution in [-0.2, 0) is 11.2 Å². The summed E-state index contributed by atoms with van der Waals surface area (Å²) in [4.78, 5) is 13.6. The first kappa shape index (κ1) is 15.4. The second kappa shape index (κ2) is 6.73. The summed E-state index contributed by atoms with van der Waals surface area (Å²) in [6, 6.07) is 10.3. The molecule has 2 aromatic rings. The molecule has 1 fully saturated rings. The second-order valence-electron chi connectivity index (χ2n) is 5.59. The summed E-state index contributed by atoms with van der Waals surface area (Å²) in [6.45, 7) is 0.881. The van der Waals surface area contributed by atoms with Crippen LogP contribution in [0.3, 0.4) is 0 Å². The number of esters is 1. The van der Waals surface area contributed by atoms with Crippen molar-refractivity contribution in [3.63, 3.8) is 0 Å². The van der Waals surface area contributed by atoms with Crippen molar-refractivity contribution in [3.8, 4) is 0 Å². The largest absolute Gasteiger partial charge is 0.464 e. The molecule has 5 nitrogen and oxygen atoms in total. The number of aromatic nitrogens is 2. The molecule has 23 heavy (non-hydrogen) atoms. The van der Waals surface area contributed by atoms with E-state index in [9.17, 15) is 9.18 Å². The Morgan fingerprint density at radius 2 is 2.22 bits per heavy atom. The number of hydrogen-bond donors (Lipinski definition) is 0. The van der Waals surface area contributed by atoms with Crippen molar-refractivity contribution in [2.75, 3.05) is 18.6 Å². The van der Waals surface area contributed by atoms with Crippen LogP contribution in [0.5, 0.6) is 0 Å². The van der Waals surface area contributed by atoms with Crippen LogP contribution in [0.15, 0.2) is 36.4 Å². The fourth-order valence-electron chi connectivity index (χ4n) is 2.98. The molecule has 1 atom stereocenters. The highest BCUT2D eigenvalue weighted by molar-refractivity contribution is 5.87. The molecular formula is C17H18FN3O2. The van der Waals surface area contributed by atoms with Gasteiger partial charge in [0.05, 0.1) is 7.11 Å². The first-order chi connectivity index (χ1) is 11.2. The maximum absolute atomic E-state index is 13.3. The summed E-state index contributed by atoms with van der Waals surface area (Å²) in [5.74, 6) is 0.0209. The molecule has 0 bridgehead atoms. The van der Waals surface area contributed by atoms with Gasteiger partial charge in [-0.3, -0.25) is 0 Å². The monoisotopic (exact) mass is 315 g/mol. The number of hydrogen-bond acceptors (Lipinski definition) is 5. The van der Waals surface area contributed by atoms with Gasteiger partial charge in [0.25, 0.3) is 0 Å². The van der Waals surface area contributed by atoms with Gasteiger partial charge in [-0.25, -0.2) is 9.18 Å². The Kier molecular flexibility index (Phi) is 4.50. The SMILES string of the molecule is COC(=O)c1ccc(N2CCCC2Cc2cccc(F)c2)nn1. The highest BCUT2D eigenvalue weighted by Crippen LogP contribution is 2.26. The predicted octanol–water partition coefficient (Wildman–Crippen LogP) is 2.61. The van der Waals surface area contributed by atoms with Crippen LogP contribution in [0.25, 0.3) is 0 Å². The fourth-order valence-corrected chi connectivity index (χ4v) is 2.98. The van der Waals surface area contributed by atoms with Crippen molar-refractivity contribution >= 4 is 11.8 Å². The lowest BCUT2D eigenvalue weighted by Crippen LogP contribution is -2.32. The van der Waals surface area contributed by atoms with Crippen LogP contribution in [-0.4, -0.2) is 35.9 Å². The Morgan fingerprint density at radius 1 is 1.35 bits per heavy atom. The minimum Gasteiger partial charge on any atom is -0.464 e. The summed E-state index contributed by atoms with van der Waals surface area (Å²) < 4.78 is 18.0. The second-order valence-corrected chi connectivity index (χ2v) is 5.59. The van der Waals surface area contributed by atoms with E-state index >= 15 is 0 Å². The van der Waals surface area contributed by atoms with E-state index in [4.69, 9.17) is 0 Å². The van der Waals surface area contributed by atoms with Crippen molar-refractivity contribution in [3.05, 3.63) is 53.5 Å². The molecule has 120 valence electrons. The van der Waals surface area contributed by atoms with E-state index in [0.29, 0.717) is 0 Å². The first-order valence-electron chi connectivity index (χ1n) is 7.60. The van der Waals surface area contributed by atoms with Crippen LogP contribution in [0, 0.1) is 5.82 Å². The number of ether oxygens (including phenoxy) is 1. The average Bonchev–Trinajstić information content (AvgIpc) is 3.02. The van der Waals surface area contributed by atoms with Gasteiger partial charge in [0.15, 0.2) is 11.5 Å². The molecule has 0 aliphatic carbocycles. The van der Waals surface area contributed by atoms with Gasteiger partial charge in [0, 0.05) is 12.6 Å². The van der Waals surface area contributed by atoms with Crippen LogP contribution in [0.1, 0.15) is 28.9 Å². The lowest BCUT2D eigenvalue weighted by atomic mass is 10.0. The minimum atomic E-state index is -0.498. The fraction of sp³-hybridized carbons (Fsp3) is 0.353. The Balaban J connectivity index is 1.74. The Bertz CT molecular complexity index is 690. The van der Waals surface area contributed by atoms with Gasteiger partial charge in [0.1, 0.15) is 5.82 Å². The van der Waals surface area contributed by atoms with Crippen LogP contribution >= 0.6 is 0 Å². The zero-order valence-electron chi connectivity index (χ0n) is 12.9. The van der Waals surface area contributed by atoms with Crippen molar-refractivity contribution in [1.82, 2.24) is 10.2 Å². The van der Waals surface area contributed by atoms with Crippen molar-refractivity contribution < 1.29 is 13.9 Å². The standard InChI is InChI=1S/C17H18FN3O2/c1-23-17(22)15-7-8-16(20-19-15)21-9-3-6-14(21)11-12-4-2-5-13(18)10-12/h2,4-5,7-8,10,14H,3,6,9,11H2,1H3. The molecule has 1 aliphatic rings. The van der Waals surface area contributed by atoms with Gasteiger partial charge in [-0.15, -0.1) is 10.2 Å². The Hall–Kier alpha value is -2.50. The molecule has 1 unspecified atom stereocenters. The zero-order valence-corrected chi connectivity index (χ0v) is 12.9. The molecule has 0 saturated carbocycles. The quantitative estimate of drug-likeness (QED) is 0.812. The molecule has 0 spiro atoms. The maximum atomic E-state index is 13.3. The third-order valence-corrected chi connectivity index (χ3v) is 4.08. The van der Waals surface area contributed by atoms with Gasteiger partial charge in [-0.05, 0) is 49.1 Å². The number of rotatable bonds is 4. The zero-order chi connectivity index (χ0) is 16.2. The molecule has 1 aromatic heterocycles. The van der Waals surface area contributed by atoms with E-state index in [-0.39, 0.29) is 17.6 Å². The smallest absolute Gasteiger partial charge is 0.358 e. The number of nitrogens with zero attached hydrogens (tertiary/aromatic N) is 3. The van der Waals surface area contributed by atoms with E-state index in [0.717, 1.165) is 37.2 Å². The number of halogens is 1. The molecule has 6 heteroatoms. The summed E-state index contributed by atoms with van der Waals surface area (Å²) in [5, 5.41) is 8.06. The topological polar surface area (TPSA) is 55.3 Å². The molecule has 3 rings (SSSR count). The summed E-state index contributed by atoms with van der Waals surface area (Å²) in [5.41, 5.74) is 1.16. The summed E-state index contributed by atoms with van der Waals surface area (Å²) in [6.07, 6.45) is 2.84. The van der Waals surface area contributed by atoms with E-state index in [1.165, 1.54) is 13.2 Å². The third kappa shape index (κ3) is 3.47. The minimum absolute atomic E-state index is 0.192. The molecule has 0 radical (unpaired) electrons. The van der Waals surface area contributed by atoms with Gasteiger partial charge in [-0.2, -0.15) is 0 Å². The molecule has 0 N–H and O–H groups in total. The molecule has 0 amide bonds. The Morgan fingerprint density at radius 3 is 2.91 bits per heavy atom. The molecule has 1 saturated heterocycles. The molecular weight excluding hydrogens is 297 g/mol. The average molecular weight is 315 g/mol. The van der Waals surface area contributed by atoms with E-state index in [2.05, 4.69) is 19.8 Å². The van der Waals surface area contributed by atoms with Crippen molar-refractivity contribution in [2.24, 2.45) is 0 Å². The lowest BCUT2D eigenvalue weighted by Gasteiger charge is -2.25. The third-order valence-electron chi connectivity index (χ3n) is 4.08. The predicted molar refractivity (Wildman–Crippen MR) is 83.8 cm³/mol. The lowest BCUT2D eigenvalue weighted by molar-refractivity contribution is 0.0592. The number of methoxy groups -OCH3 is 1. The summed E-state index contributed by atoms with van der Waals surface area (Å²) in [7, 11) is 1.31. The first-order valence-corrected chi connectivity index (χ1v) is 7.60. The van der Waals surface area contributed by atoms with Crippen LogP contribution in [0.4, 0.5) is 10.2 Å². The normalized spacial score (nSPS) is 17.3. The Labute approximate surface area is 134 Å². The van der Waals surface area contributed by atoms with Crippen molar-refractivity contribution in [1.29, 1.82) is 0 Å². The summed E-state index contributed by atoms with van der Waals surface area (Å²) >= 11 is 0. The van der Waals surface area contributed by atoms with E-state index < -0.39 is 5.97 Å². The highest BCUT2D eigenvalue weighted by atomic mass is 19.1. The number of carbonyl (C=O) groups excluding carboxylic acids is 1. The van der Waals surface area contributed by atoms with Crippen LogP contribution in [0.2, 0.25) is 0 Å².